The van der Waals surface area contributed by atoms with E-state index < -0.39 is 0 Å². The largest absolute Gasteiger partial charge is 0.338 e. The number of likely N-dealkylation sites (N-methyl/N-ethyl adjacent to an activating group) is 1. The molecule has 0 aliphatic heterocycles. The number of carbonyl (C=O) groups excluding carboxylic acids is 1. The van der Waals surface area contributed by atoms with Gasteiger partial charge in [0.1, 0.15) is 0 Å². The fourth-order valence-corrected chi connectivity index (χ4v) is 1.75. The van der Waals surface area contributed by atoms with Crippen LogP contribution in [0.4, 0.5) is 0 Å². The lowest BCUT2D eigenvalue weighted by atomic mass is 10.2. The quantitative estimate of drug-likeness (QED) is 0.907. The van der Waals surface area contributed by atoms with Gasteiger partial charge in [0, 0.05) is 17.6 Å². The van der Waals surface area contributed by atoms with Crippen LogP contribution in [0, 0.1) is 0 Å². The highest BCUT2D eigenvalue weighted by Crippen LogP contribution is 2.17. The molecular weight excluding hydrogens is 256 g/mol. The zero-order valence-electron chi connectivity index (χ0n) is 8.74. The lowest BCUT2D eigenvalue weighted by Crippen LogP contribution is -2.35. The van der Waals surface area contributed by atoms with Gasteiger partial charge in [-0.3, -0.25) is 4.79 Å². The Balaban J connectivity index is 2.75. The molecule has 0 radical (unpaired) electrons. The van der Waals surface area contributed by atoms with Gasteiger partial charge in [-0.1, -0.05) is 34.1 Å². The molecule has 0 bridgehead atoms. The Labute approximate surface area is 98.4 Å². The Kier molecular flexibility index (Phi) is 4.78. The third-order valence-corrected chi connectivity index (χ3v) is 3.00. The van der Waals surface area contributed by atoms with Gasteiger partial charge in [-0.25, -0.2) is 0 Å². The van der Waals surface area contributed by atoms with Gasteiger partial charge in [-0.15, -0.1) is 0 Å². The van der Waals surface area contributed by atoms with Crippen molar-refractivity contribution in [3.05, 3.63) is 34.3 Å². The van der Waals surface area contributed by atoms with Gasteiger partial charge in [-0.2, -0.15) is 0 Å². The summed E-state index contributed by atoms with van der Waals surface area (Å²) in [5.74, 6) is -0.0201. The Morgan fingerprint density at radius 3 is 2.67 bits per heavy atom. The van der Waals surface area contributed by atoms with Gasteiger partial charge in [0.05, 0.1) is 6.54 Å². The molecule has 2 N–H and O–H groups in total. The Morgan fingerprint density at radius 1 is 1.47 bits per heavy atom. The van der Waals surface area contributed by atoms with Gasteiger partial charge < -0.3 is 10.6 Å². The van der Waals surface area contributed by atoms with E-state index >= 15 is 0 Å². The first-order chi connectivity index (χ1) is 7.19. The van der Waals surface area contributed by atoms with Crippen LogP contribution >= 0.6 is 15.9 Å². The number of nitrogens with zero attached hydrogens (tertiary/aromatic N) is 1. The summed E-state index contributed by atoms with van der Waals surface area (Å²) in [5, 5.41) is 0. The lowest BCUT2D eigenvalue weighted by molar-refractivity contribution is -0.130. The number of halogens is 1. The van der Waals surface area contributed by atoms with E-state index in [9.17, 15) is 4.79 Å². The van der Waals surface area contributed by atoms with E-state index in [4.69, 9.17) is 5.73 Å². The minimum absolute atomic E-state index is 0.0201. The van der Waals surface area contributed by atoms with E-state index in [2.05, 4.69) is 15.9 Å². The summed E-state index contributed by atoms with van der Waals surface area (Å²) in [6.45, 7) is 3.30. The minimum Gasteiger partial charge on any atom is -0.338 e. The summed E-state index contributed by atoms with van der Waals surface area (Å²) in [4.78, 5) is 13.2. The summed E-state index contributed by atoms with van der Waals surface area (Å²) < 4.78 is 1.02. The molecule has 0 saturated carbocycles. The van der Waals surface area contributed by atoms with E-state index in [0.29, 0.717) is 13.1 Å². The smallest absolute Gasteiger partial charge is 0.236 e. The first-order valence-corrected chi connectivity index (χ1v) is 5.69. The molecule has 1 aromatic carbocycles. The van der Waals surface area contributed by atoms with Crippen LogP contribution in [0.1, 0.15) is 12.5 Å². The maximum atomic E-state index is 11.4. The molecule has 3 nitrogen and oxygen atoms in total. The fraction of sp³-hybridized carbons (Fsp3) is 0.364. The number of hydrogen-bond donors (Lipinski definition) is 1. The molecule has 0 heterocycles. The molecule has 1 amide bonds. The van der Waals surface area contributed by atoms with Crippen LogP contribution in [0.25, 0.3) is 0 Å². The summed E-state index contributed by atoms with van der Waals surface area (Å²) in [5.41, 5.74) is 6.44. The second-order valence-corrected chi connectivity index (χ2v) is 4.06. The van der Waals surface area contributed by atoms with Crippen molar-refractivity contribution >= 4 is 21.8 Å². The second kappa shape index (κ2) is 5.88. The molecule has 0 aliphatic carbocycles. The fourth-order valence-electron chi connectivity index (χ4n) is 1.34. The average Bonchev–Trinajstić information content (AvgIpc) is 2.27. The zero-order valence-corrected chi connectivity index (χ0v) is 10.3. The molecule has 0 spiro atoms. The normalized spacial score (nSPS) is 10.1. The lowest BCUT2D eigenvalue weighted by Gasteiger charge is -2.20. The van der Waals surface area contributed by atoms with Crippen LogP contribution in [-0.2, 0) is 11.3 Å². The predicted molar refractivity (Wildman–Crippen MR) is 64.3 cm³/mol. The SMILES string of the molecule is CCN(Cc1ccccc1Br)C(=O)CN. The topological polar surface area (TPSA) is 46.3 Å². The minimum atomic E-state index is -0.0201. The zero-order chi connectivity index (χ0) is 11.3. The van der Waals surface area contributed by atoms with E-state index in [-0.39, 0.29) is 12.5 Å². The average molecular weight is 271 g/mol. The van der Waals surface area contributed by atoms with Crippen molar-refractivity contribution in [2.45, 2.75) is 13.5 Å². The standard InChI is InChI=1S/C11H15BrN2O/c1-2-14(11(15)7-13)8-9-5-3-4-6-10(9)12/h3-6H,2,7-8,13H2,1H3. The van der Waals surface area contributed by atoms with Crippen molar-refractivity contribution in [1.29, 1.82) is 0 Å². The van der Waals surface area contributed by atoms with Gasteiger partial charge in [0.2, 0.25) is 5.91 Å². The summed E-state index contributed by atoms with van der Waals surface area (Å²) >= 11 is 3.46. The number of rotatable bonds is 4. The Morgan fingerprint density at radius 2 is 2.13 bits per heavy atom. The first kappa shape index (κ1) is 12.2. The molecule has 0 unspecified atom stereocenters. The second-order valence-electron chi connectivity index (χ2n) is 3.20. The van der Waals surface area contributed by atoms with Crippen molar-refractivity contribution in [1.82, 2.24) is 4.90 Å². The van der Waals surface area contributed by atoms with E-state index in [1.165, 1.54) is 0 Å². The van der Waals surface area contributed by atoms with E-state index in [1.54, 1.807) is 4.90 Å². The van der Waals surface area contributed by atoms with E-state index in [1.807, 2.05) is 31.2 Å². The molecule has 1 rings (SSSR count). The molecule has 15 heavy (non-hydrogen) atoms. The van der Waals surface area contributed by atoms with Crippen molar-refractivity contribution in [3.63, 3.8) is 0 Å². The van der Waals surface area contributed by atoms with E-state index in [0.717, 1.165) is 10.0 Å². The van der Waals surface area contributed by atoms with Crippen LogP contribution in [0.3, 0.4) is 0 Å². The van der Waals surface area contributed by atoms with Gasteiger partial charge in [0.25, 0.3) is 0 Å². The third-order valence-electron chi connectivity index (χ3n) is 2.23. The highest BCUT2D eigenvalue weighted by molar-refractivity contribution is 9.10. The number of benzene rings is 1. The van der Waals surface area contributed by atoms with Crippen LogP contribution in [0.2, 0.25) is 0 Å². The molecule has 0 atom stereocenters. The van der Waals surface area contributed by atoms with Crippen LogP contribution in [0.5, 0.6) is 0 Å². The van der Waals surface area contributed by atoms with Crippen molar-refractivity contribution < 1.29 is 4.79 Å². The van der Waals surface area contributed by atoms with Crippen molar-refractivity contribution in [2.75, 3.05) is 13.1 Å². The van der Waals surface area contributed by atoms with Crippen molar-refractivity contribution in [2.24, 2.45) is 5.73 Å². The Hall–Kier alpha value is -0.870. The van der Waals surface area contributed by atoms with Crippen LogP contribution < -0.4 is 5.73 Å². The van der Waals surface area contributed by atoms with Gasteiger partial charge in [-0.05, 0) is 18.6 Å². The summed E-state index contributed by atoms with van der Waals surface area (Å²) in [7, 11) is 0. The summed E-state index contributed by atoms with van der Waals surface area (Å²) in [6.07, 6.45) is 0. The number of nitrogens with two attached hydrogens (primary N) is 1. The van der Waals surface area contributed by atoms with Crippen LogP contribution in [-0.4, -0.2) is 23.9 Å². The maximum absolute atomic E-state index is 11.4. The number of carbonyl (C=O) groups is 1. The highest BCUT2D eigenvalue weighted by atomic mass is 79.9. The summed E-state index contributed by atoms with van der Waals surface area (Å²) in [6, 6.07) is 7.88. The molecule has 4 heteroatoms. The van der Waals surface area contributed by atoms with Gasteiger partial charge >= 0.3 is 0 Å². The number of amides is 1. The molecule has 0 saturated heterocycles. The molecular formula is C11H15BrN2O. The predicted octanol–water partition coefficient (Wildman–Crippen LogP) is 1.76. The molecule has 0 aromatic heterocycles. The number of hydrogen-bond acceptors (Lipinski definition) is 2. The molecule has 1 aromatic rings. The van der Waals surface area contributed by atoms with Gasteiger partial charge in [0.15, 0.2) is 0 Å². The first-order valence-electron chi connectivity index (χ1n) is 4.90. The monoisotopic (exact) mass is 270 g/mol. The highest BCUT2D eigenvalue weighted by Gasteiger charge is 2.11. The molecule has 0 fully saturated rings. The van der Waals surface area contributed by atoms with Crippen molar-refractivity contribution in [3.8, 4) is 0 Å². The third kappa shape index (κ3) is 3.32. The maximum Gasteiger partial charge on any atom is 0.236 e. The Bertz CT molecular complexity index is 341. The molecule has 82 valence electrons. The molecule has 0 aliphatic rings. The van der Waals surface area contributed by atoms with Crippen LogP contribution in [0.15, 0.2) is 28.7 Å².